The van der Waals surface area contributed by atoms with Gasteiger partial charge in [-0.05, 0) is 13.1 Å². The summed E-state index contributed by atoms with van der Waals surface area (Å²) in [6.07, 6.45) is 3.24. The molecule has 0 aliphatic carbocycles. The third kappa shape index (κ3) is 5.08. The van der Waals surface area contributed by atoms with Crippen molar-refractivity contribution < 1.29 is 0 Å². The first kappa shape index (κ1) is 6.08. The van der Waals surface area contributed by atoms with Crippen LogP contribution in [0.3, 0.4) is 0 Å². The Kier molecular flexibility index (Phi) is 2.85. The van der Waals surface area contributed by atoms with E-state index in [0.29, 0.717) is 0 Å². The van der Waals surface area contributed by atoms with Crippen LogP contribution in [-0.2, 0) is 0 Å². The van der Waals surface area contributed by atoms with E-state index >= 15 is 0 Å². The number of rotatable bonds is 2. The number of hydrogen-bond acceptors (Lipinski definition) is 2. The molecule has 0 aromatic heterocycles. The lowest BCUT2D eigenvalue weighted by molar-refractivity contribution is 1.13. The lowest BCUT2D eigenvalue weighted by Crippen LogP contribution is -1.98. The highest BCUT2D eigenvalue weighted by Gasteiger charge is 1.67. The van der Waals surface area contributed by atoms with Gasteiger partial charge in [-0.1, -0.05) is 6.58 Å². The van der Waals surface area contributed by atoms with E-state index in [1.54, 1.807) is 19.3 Å². The zero-order chi connectivity index (χ0) is 5.70. The minimum atomic E-state index is 0.750. The number of allylic oxidation sites excluding steroid dienone is 1. The molecule has 0 saturated heterocycles. The maximum atomic E-state index is 5.23. The molecule has 0 aromatic rings. The molecule has 0 amide bonds. The van der Waals surface area contributed by atoms with Gasteiger partial charge in [0.15, 0.2) is 0 Å². The molecule has 0 bridgehead atoms. The van der Waals surface area contributed by atoms with Crippen molar-refractivity contribution in [2.45, 2.75) is 6.92 Å². The quantitative estimate of drug-likeness (QED) is 0.529. The maximum absolute atomic E-state index is 5.23. The lowest BCUT2D eigenvalue weighted by Gasteiger charge is -1.87. The van der Waals surface area contributed by atoms with E-state index in [2.05, 4.69) is 11.9 Å². The molecule has 0 fully saturated rings. The molecule has 2 heteroatoms. The van der Waals surface area contributed by atoms with Gasteiger partial charge in [-0.2, -0.15) is 0 Å². The van der Waals surface area contributed by atoms with Gasteiger partial charge in [0, 0.05) is 11.9 Å². The van der Waals surface area contributed by atoms with Crippen molar-refractivity contribution in [2.24, 2.45) is 5.73 Å². The Morgan fingerprint density at radius 3 is 2.57 bits per heavy atom. The zero-order valence-corrected chi connectivity index (χ0v) is 4.44. The monoisotopic (exact) mass is 98.1 g/mol. The van der Waals surface area contributed by atoms with Crippen molar-refractivity contribution in [3.05, 3.63) is 24.7 Å². The Balaban J connectivity index is 3.25. The summed E-state index contributed by atoms with van der Waals surface area (Å²) >= 11 is 0. The molecule has 0 atom stereocenters. The minimum absolute atomic E-state index is 0.750. The zero-order valence-electron chi connectivity index (χ0n) is 4.44. The fourth-order valence-electron chi connectivity index (χ4n) is 0.190. The van der Waals surface area contributed by atoms with E-state index in [4.69, 9.17) is 5.73 Å². The van der Waals surface area contributed by atoms with Gasteiger partial charge in [0.2, 0.25) is 0 Å². The van der Waals surface area contributed by atoms with Gasteiger partial charge in [-0.25, -0.2) is 0 Å². The van der Waals surface area contributed by atoms with Crippen LogP contribution in [0, 0.1) is 0 Å². The first-order valence-corrected chi connectivity index (χ1v) is 2.06. The molecule has 0 heterocycles. The normalized spacial score (nSPS) is 10.7. The van der Waals surface area contributed by atoms with E-state index in [0.717, 1.165) is 5.70 Å². The SMILES string of the molecule is C=CN/C=C(/C)N. The van der Waals surface area contributed by atoms with Gasteiger partial charge in [0.05, 0.1) is 0 Å². The molecule has 0 rings (SSSR count). The number of nitrogens with one attached hydrogen (secondary N) is 1. The van der Waals surface area contributed by atoms with Crippen LogP contribution in [0.25, 0.3) is 0 Å². The second-order valence-corrected chi connectivity index (χ2v) is 1.26. The Hall–Kier alpha value is -0.920. The average Bonchev–Trinajstić information content (AvgIpc) is 1.61. The van der Waals surface area contributed by atoms with Crippen molar-refractivity contribution in [2.75, 3.05) is 0 Å². The summed E-state index contributed by atoms with van der Waals surface area (Å²) in [6.45, 7) is 5.22. The van der Waals surface area contributed by atoms with Crippen LogP contribution in [0.2, 0.25) is 0 Å². The van der Waals surface area contributed by atoms with Crippen LogP contribution in [0.4, 0.5) is 0 Å². The van der Waals surface area contributed by atoms with E-state index in [9.17, 15) is 0 Å². The molecule has 2 nitrogen and oxygen atoms in total. The number of hydrogen-bond donors (Lipinski definition) is 2. The predicted octanol–water partition coefficient (Wildman–Crippen LogP) is 0.540. The Bertz CT molecular complexity index is 80.1. The highest BCUT2D eigenvalue weighted by molar-refractivity contribution is 4.91. The fraction of sp³-hybridized carbons (Fsp3) is 0.200. The molecular formula is C5H10N2. The highest BCUT2D eigenvalue weighted by atomic mass is 14.8. The molecule has 0 aliphatic rings. The first-order valence-electron chi connectivity index (χ1n) is 2.06. The van der Waals surface area contributed by atoms with Crippen LogP contribution in [0.5, 0.6) is 0 Å². The summed E-state index contributed by atoms with van der Waals surface area (Å²) in [5, 5.41) is 2.72. The standard InChI is InChI=1S/C5H10N2/c1-3-7-4-5(2)6/h3-4,7H,1,6H2,2H3/b5-4-. The summed E-state index contributed by atoms with van der Waals surface area (Å²) in [7, 11) is 0. The van der Waals surface area contributed by atoms with E-state index in [-0.39, 0.29) is 0 Å². The third-order valence-electron chi connectivity index (χ3n) is 0.429. The molecule has 0 aliphatic heterocycles. The van der Waals surface area contributed by atoms with Gasteiger partial charge >= 0.3 is 0 Å². The summed E-state index contributed by atoms with van der Waals surface area (Å²) < 4.78 is 0. The molecule has 3 N–H and O–H groups in total. The van der Waals surface area contributed by atoms with Crippen LogP contribution < -0.4 is 11.1 Å². The molecular weight excluding hydrogens is 88.1 g/mol. The molecule has 0 radical (unpaired) electrons. The number of nitrogens with two attached hydrogens (primary N) is 1. The van der Waals surface area contributed by atoms with E-state index in [1.165, 1.54) is 0 Å². The van der Waals surface area contributed by atoms with Gasteiger partial charge in [-0.3, -0.25) is 0 Å². The van der Waals surface area contributed by atoms with E-state index in [1.807, 2.05) is 0 Å². The Labute approximate surface area is 43.7 Å². The predicted molar refractivity (Wildman–Crippen MR) is 31.3 cm³/mol. The minimum Gasteiger partial charge on any atom is -0.401 e. The summed E-state index contributed by atoms with van der Waals surface area (Å²) in [4.78, 5) is 0. The van der Waals surface area contributed by atoms with Gasteiger partial charge in [0.25, 0.3) is 0 Å². The highest BCUT2D eigenvalue weighted by Crippen LogP contribution is 1.71. The third-order valence-corrected chi connectivity index (χ3v) is 0.429. The van der Waals surface area contributed by atoms with Crippen molar-refractivity contribution in [3.63, 3.8) is 0 Å². The van der Waals surface area contributed by atoms with Crippen molar-refractivity contribution in [3.8, 4) is 0 Å². The molecule has 0 unspecified atom stereocenters. The summed E-state index contributed by atoms with van der Waals surface area (Å²) in [5.74, 6) is 0. The van der Waals surface area contributed by atoms with Crippen LogP contribution >= 0.6 is 0 Å². The van der Waals surface area contributed by atoms with Gasteiger partial charge < -0.3 is 11.1 Å². The largest absolute Gasteiger partial charge is 0.401 e. The summed E-state index contributed by atoms with van der Waals surface area (Å²) in [6, 6.07) is 0. The smallest absolute Gasteiger partial charge is 0.0212 e. The molecule has 40 valence electrons. The molecule has 7 heavy (non-hydrogen) atoms. The van der Waals surface area contributed by atoms with Crippen LogP contribution in [0.1, 0.15) is 6.92 Å². The second-order valence-electron chi connectivity index (χ2n) is 1.26. The van der Waals surface area contributed by atoms with Crippen LogP contribution in [-0.4, -0.2) is 0 Å². The van der Waals surface area contributed by atoms with Gasteiger partial charge in [0.1, 0.15) is 0 Å². The first-order chi connectivity index (χ1) is 3.27. The van der Waals surface area contributed by atoms with Crippen LogP contribution in [0.15, 0.2) is 24.7 Å². The van der Waals surface area contributed by atoms with Crippen molar-refractivity contribution >= 4 is 0 Å². The lowest BCUT2D eigenvalue weighted by atomic mass is 10.6. The second kappa shape index (κ2) is 3.28. The Morgan fingerprint density at radius 2 is 2.43 bits per heavy atom. The van der Waals surface area contributed by atoms with Crippen molar-refractivity contribution in [1.29, 1.82) is 0 Å². The average molecular weight is 98.1 g/mol. The fourth-order valence-corrected chi connectivity index (χ4v) is 0.190. The summed E-state index contributed by atoms with van der Waals surface area (Å²) in [5.41, 5.74) is 5.98. The molecule has 0 spiro atoms. The topological polar surface area (TPSA) is 38.0 Å². The molecule has 0 saturated carbocycles. The van der Waals surface area contributed by atoms with Gasteiger partial charge in [-0.15, -0.1) is 0 Å². The van der Waals surface area contributed by atoms with E-state index < -0.39 is 0 Å². The molecule has 0 aromatic carbocycles. The maximum Gasteiger partial charge on any atom is 0.0212 e. The van der Waals surface area contributed by atoms with Crippen molar-refractivity contribution in [1.82, 2.24) is 5.32 Å². The Morgan fingerprint density at radius 1 is 1.86 bits per heavy atom.